The van der Waals surface area contributed by atoms with Crippen LogP contribution in [0.4, 0.5) is 9.18 Å². The van der Waals surface area contributed by atoms with Crippen LogP contribution in [-0.4, -0.2) is 58.3 Å². The Labute approximate surface area is 143 Å². The molecule has 1 fully saturated rings. The quantitative estimate of drug-likeness (QED) is 0.709. The fourth-order valence-electron chi connectivity index (χ4n) is 2.51. The van der Waals surface area contributed by atoms with Crippen molar-refractivity contribution in [1.29, 1.82) is 0 Å². The standard InChI is InChI=1S/C16H19FN2O6/c17-11-3-1-2-4-13(11)25-10-5-7-19(8-6-10)16(24)18-12(15(22)23)9-14(20)21/h1-4,10,12H,5-9H2,(H,18,24)(H,20,21)(H,22,23)/t12-/m0/s1. The Morgan fingerprint density at radius 1 is 1.24 bits per heavy atom. The van der Waals surface area contributed by atoms with E-state index in [1.165, 1.54) is 17.0 Å². The van der Waals surface area contributed by atoms with Crippen molar-refractivity contribution in [2.75, 3.05) is 13.1 Å². The highest BCUT2D eigenvalue weighted by Gasteiger charge is 2.28. The summed E-state index contributed by atoms with van der Waals surface area (Å²) in [6.07, 6.45) is -0.0413. The van der Waals surface area contributed by atoms with E-state index in [0.717, 1.165) is 0 Å². The van der Waals surface area contributed by atoms with E-state index in [1.807, 2.05) is 0 Å². The number of carboxylic acid groups (broad SMARTS) is 2. The first-order valence-electron chi connectivity index (χ1n) is 7.78. The molecule has 0 spiro atoms. The van der Waals surface area contributed by atoms with Gasteiger partial charge in [-0.1, -0.05) is 12.1 Å². The molecule has 2 rings (SSSR count). The lowest BCUT2D eigenvalue weighted by atomic mass is 10.1. The third-order valence-corrected chi connectivity index (χ3v) is 3.83. The zero-order valence-corrected chi connectivity index (χ0v) is 13.4. The van der Waals surface area contributed by atoms with E-state index in [1.54, 1.807) is 12.1 Å². The average Bonchev–Trinajstić information content (AvgIpc) is 2.56. The third kappa shape index (κ3) is 5.33. The van der Waals surface area contributed by atoms with Gasteiger partial charge < -0.3 is 25.2 Å². The molecule has 0 saturated carbocycles. The van der Waals surface area contributed by atoms with Gasteiger partial charge in [0, 0.05) is 25.9 Å². The van der Waals surface area contributed by atoms with Gasteiger partial charge in [0.25, 0.3) is 0 Å². The lowest BCUT2D eigenvalue weighted by molar-refractivity contribution is -0.145. The van der Waals surface area contributed by atoms with Gasteiger partial charge in [0.2, 0.25) is 0 Å². The molecule has 136 valence electrons. The molecule has 9 heteroatoms. The van der Waals surface area contributed by atoms with Crippen LogP contribution in [0.5, 0.6) is 5.75 Å². The molecule has 1 heterocycles. The topological polar surface area (TPSA) is 116 Å². The molecular weight excluding hydrogens is 335 g/mol. The SMILES string of the molecule is O=C(O)C[C@H](NC(=O)N1CCC(Oc2ccccc2F)CC1)C(=O)O. The van der Waals surface area contributed by atoms with Crippen molar-refractivity contribution in [2.45, 2.75) is 31.4 Å². The maximum atomic E-state index is 13.6. The first-order valence-corrected chi connectivity index (χ1v) is 7.78. The van der Waals surface area contributed by atoms with Gasteiger partial charge in [0.05, 0.1) is 6.42 Å². The minimum absolute atomic E-state index is 0.151. The molecule has 1 aromatic rings. The van der Waals surface area contributed by atoms with E-state index in [0.29, 0.717) is 25.9 Å². The van der Waals surface area contributed by atoms with Crippen molar-refractivity contribution in [3.05, 3.63) is 30.1 Å². The second-order valence-corrected chi connectivity index (χ2v) is 5.67. The summed E-state index contributed by atoms with van der Waals surface area (Å²) in [6, 6.07) is 3.92. The van der Waals surface area contributed by atoms with Gasteiger partial charge in [-0.05, 0) is 12.1 Å². The summed E-state index contributed by atoms with van der Waals surface area (Å²) in [5, 5.41) is 19.8. The molecule has 0 aliphatic carbocycles. The number of hydrogen-bond donors (Lipinski definition) is 3. The average molecular weight is 354 g/mol. The molecule has 25 heavy (non-hydrogen) atoms. The molecule has 2 amide bonds. The van der Waals surface area contributed by atoms with E-state index in [4.69, 9.17) is 14.9 Å². The molecule has 3 N–H and O–H groups in total. The smallest absolute Gasteiger partial charge is 0.326 e. The van der Waals surface area contributed by atoms with Crippen LogP contribution in [0.25, 0.3) is 0 Å². The Kier molecular flexibility index (Phi) is 6.15. The molecule has 1 atom stereocenters. The third-order valence-electron chi connectivity index (χ3n) is 3.83. The normalized spacial score (nSPS) is 16.1. The van der Waals surface area contributed by atoms with Gasteiger partial charge in [0.1, 0.15) is 12.1 Å². The lowest BCUT2D eigenvalue weighted by Crippen LogP contribution is -2.51. The van der Waals surface area contributed by atoms with Crippen molar-refractivity contribution >= 4 is 18.0 Å². The molecule has 0 unspecified atom stereocenters. The van der Waals surface area contributed by atoms with E-state index >= 15 is 0 Å². The van der Waals surface area contributed by atoms with E-state index in [-0.39, 0.29) is 11.9 Å². The number of nitrogens with one attached hydrogen (secondary N) is 1. The number of rotatable bonds is 6. The number of nitrogens with zero attached hydrogens (tertiary/aromatic N) is 1. The van der Waals surface area contributed by atoms with Gasteiger partial charge >= 0.3 is 18.0 Å². The Hall–Kier alpha value is -2.84. The molecule has 1 aliphatic rings. The van der Waals surface area contributed by atoms with Gasteiger partial charge in [-0.2, -0.15) is 0 Å². The number of piperidine rings is 1. The largest absolute Gasteiger partial charge is 0.487 e. The number of aliphatic carboxylic acids is 2. The minimum atomic E-state index is -1.49. The molecule has 0 aromatic heterocycles. The summed E-state index contributed by atoms with van der Waals surface area (Å²) in [7, 11) is 0. The van der Waals surface area contributed by atoms with Crippen LogP contribution in [-0.2, 0) is 9.59 Å². The fourth-order valence-corrected chi connectivity index (χ4v) is 2.51. The number of halogens is 1. The van der Waals surface area contributed by atoms with Crippen molar-refractivity contribution in [3.8, 4) is 5.75 Å². The molecule has 0 bridgehead atoms. The van der Waals surface area contributed by atoms with Crippen LogP contribution in [0.2, 0.25) is 0 Å². The monoisotopic (exact) mass is 354 g/mol. The van der Waals surface area contributed by atoms with Crippen molar-refractivity contribution in [3.63, 3.8) is 0 Å². The highest BCUT2D eigenvalue weighted by Crippen LogP contribution is 2.21. The Morgan fingerprint density at radius 2 is 1.88 bits per heavy atom. The van der Waals surface area contributed by atoms with E-state index in [2.05, 4.69) is 5.32 Å². The van der Waals surface area contributed by atoms with E-state index < -0.39 is 36.2 Å². The van der Waals surface area contributed by atoms with Crippen molar-refractivity contribution < 1.29 is 33.7 Å². The summed E-state index contributed by atoms with van der Waals surface area (Å²) in [5.41, 5.74) is 0. The molecule has 1 aliphatic heterocycles. The summed E-state index contributed by atoms with van der Waals surface area (Å²) in [5.74, 6) is -3.03. The number of urea groups is 1. The maximum Gasteiger partial charge on any atom is 0.326 e. The first kappa shape index (κ1) is 18.5. The first-order chi connectivity index (χ1) is 11.9. The highest BCUT2D eigenvalue weighted by molar-refractivity contribution is 5.86. The van der Waals surface area contributed by atoms with Crippen LogP contribution in [0.3, 0.4) is 0 Å². The number of carboxylic acids is 2. The number of carbonyl (C=O) groups excluding carboxylic acids is 1. The van der Waals surface area contributed by atoms with Crippen molar-refractivity contribution in [1.82, 2.24) is 10.2 Å². The number of para-hydroxylation sites is 1. The van der Waals surface area contributed by atoms with Crippen LogP contribution < -0.4 is 10.1 Å². The molecular formula is C16H19FN2O6. The number of carbonyl (C=O) groups is 3. The Bertz CT molecular complexity index is 645. The van der Waals surface area contributed by atoms with Gasteiger partial charge in [-0.25, -0.2) is 14.0 Å². The summed E-state index contributed by atoms with van der Waals surface area (Å²) in [6.45, 7) is 0.592. The zero-order chi connectivity index (χ0) is 18.4. The lowest BCUT2D eigenvalue weighted by Gasteiger charge is -2.32. The zero-order valence-electron chi connectivity index (χ0n) is 13.4. The maximum absolute atomic E-state index is 13.6. The number of hydrogen-bond acceptors (Lipinski definition) is 4. The summed E-state index contributed by atoms with van der Waals surface area (Å²) >= 11 is 0. The molecule has 8 nitrogen and oxygen atoms in total. The highest BCUT2D eigenvalue weighted by atomic mass is 19.1. The number of ether oxygens (including phenoxy) is 1. The van der Waals surface area contributed by atoms with Crippen molar-refractivity contribution in [2.24, 2.45) is 0 Å². The summed E-state index contributed by atoms with van der Waals surface area (Å²) in [4.78, 5) is 35.1. The van der Waals surface area contributed by atoms with Crippen LogP contribution in [0, 0.1) is 5.82 Å². The minimum Gasteiger partial charge on any atom is -0.487 e. The van der Waals surface area contributed by atoms with Gasteiger partial charge in [-0.15, -0.1) is 0 Å². The van der Waals surface area contributed by atoms with E-state index in [9.17, 15) is 18.8 Å². The van der Waals surface area contributed by atoms with Crippen LogP contribution in [0.1, 0.15) is 19.3 Å². The summed E-state index contributed by atoms with van der Waals surface area (Å²) < 4.78 is 19.2. The second-order valence-electron chi connectivity index (χ2n) is 5.67. The van der Waals surface area contributed by atoms with Gasteiger partial charge in [-0.3, -0.25) is 4.79 Å². The van der Waals surface area contributed by atoms with Gasteiger partial charge in [0.15, 0.2) is 11.6 Å². The molecule has 1 saturated heterocycles. The Balaban J connectivity index is 1.84. The van der Waals surface area contributed by atoms with Crippen LogP contribution >= 0.6 is 0 Å². The number of likely N-dealkylation sites (tertiary alicyclic amines) is 1. The van der Waals surface area contributed by atoms with Crippen LogP contribution in [0.15, 0.2) is 24.3 Å². The number of amides is 2. The second kappa shape index (κ2) is 8.32. The predicted molar refractivity (Wildman–Crippen MR) is 83.8 cm³/mol. The number of benzene rings is 1. The predicted octanol–water partition coefficient (Wildman–Crippen LogP) is 1.31. The molecule has 0 radical (unpaired) electrons. The molecule has 1 aromatic carbocycles. The Morgan fingerprint density at radius 3 is 2.44 bits per heavy atom. The fraction of sp³-hybridized carbons (Fsp3) is 0.438.